The Hall–Kier alpha value is -1.26. The van der Waals surface area contributed by atoms with Crippen LogP contribution in [-0.2, 0) is 26.4 Å². The molecular formula is C18H26N2O4S3. The van der Waals surface area contributed by atoms with Crippen molar-refractivity contribution in [1.29, 1.82) is 0 Å². The second-order valence-electron chi connectivity index (χ2n) is 6.19. The van der Waals surface area contributed by atoms with Crippen molar-refractivity contribution in [2.24, 2.45) is 0 Å². The van der Waals surface area contributed by atoms with Crippen molar-refractivity contribution in [2.45, 2.75) is 30.2 Å². The lowest BCUT2D eigenvalue weighted by molar-refractivity contribution is 0.269. The van der Waals surface area contributed by atoms with E-state index in [4.69, 9.17) is 0 Å². The molecule has 0 aliphatic heterocycles. The number of sulfone groups is 1. The maximum atomic E-state index is 13.2. The van der Waals surface area contributed by atoms with Crippen molar-refractivity contribution in [2.75, 3.05) is 32.4 Å². The lowest BCUT2D eigenvalue weighted by Gasteiger charge is -2.25. The van der Waals surface area contributed by atoms with Crippen LogP contribution in [0, 0.1) is 0 Å². The molecule has 2 aromatic rings. The topological polar surface area (TPSA) is 74.8 Å². The van der Waals surface area contributed by atoms with Gasteiger partial charge in [0.15, 0.2) is 9.84 Å². The highest BCUT2D eigenvalue weighted by molar-refractivity contribution is 7.91. The van der Waals surface area contributed by atoms with Crippen molar-refractivity contribution in [1.82, 2.24) is 9.21 Å². The van der Waals surface area contributed by atoms with E-state index in [2.05, 4.69) is 4.90 Å². The lowest BCUT2D eigenvalue weighted by atomic mass is 10.4. The van der Waals surface area contributed by atoms with Gasteiger partial charge >= 0.3 is 0 Å². The first-order chi connectivity index (χ1) is 12.7. The maximum absolute atomic E-state index is 13.2. The molecule has 1 heterocycles. The molecule has 9 heteroatoms. The second kappa shape index (κ2) is 9.29. The van der Waals surface area contributed by atoms with Gasteiger partial charge in [0.2, 0.25) is 10.0 Å². The molecule has 0 radical (unpaired) electrons. The minimum absolute atomic E-state index is 0.00141. The number of thiophene rings is 1. The van der Waals surface area contributed by atoms with Crippen LogP contribution in [0.15, 0.2) is 51.6 Å². The standard InChI is InChI=1S/C18H26N2O4S3/c1-4-19(5-2)11-12-20(15-16-8-7-13-25-16)27(23,24)18-10-6-9-17(14-18)26(3,21)22/h6-10,13-14H,4-5,11-12,15H2,1-3H3. The van der Waals surface area contributed by atoms with E-state index in [0.29, 0.717) is 13.1 Å². The van der Waals surface area contributed by atoms with Gasteiger partial charge < -0.3 is 4.90 Å². The zero-order valence-corrected chi connectivity index (χ0v) is 18.3. The van der Waals surface area contributed by atoms with Crippen LogP contribution in [0.1, 0.15) is 18.7 Å². The summed E-state index contributed by atoms with van der Waals surface area (Å²) in [6, 6.07) is 9.36. The van der Waals surface area contributed by atoms with Crippen LogP contribution in [0.3, 0.4) is 0 Å². The van der Waals surface area contributed by atoms with Gasteiger partial charge in [0.1, 0.15) is 0 Å². The number of benzene rings is 1. The summed E-state index contributed by atoms with van der Waals surface area (Å²) in [5, 5.41) is 1.91. The third-order valence-corrected chi connectivity index (χ3v) is 8.16. The van der Waals surface area contributed by atoms with Gasteiger partial charge in [-0.25, -0.2) is 16.8 Å². The molecule has 0 fully saturated rings. The molecule has 1 aromatic carbocycles. The predicted molar refractivity (Wildman–Crippen MR) is 109 cm³/mol. The first kappa shape index (κ1) is 22.0. The SMILES string of the molecule is CCN(CC)CCN(Cc1cccs1)S(=O)(=O)c1cccc(S(C)(=O)=O)c1. The molecule has 0 unspecified atom stereocenters. The lowest BCUT2D eigenvalue weighted by Crippen LogP contribution is -2.38. The summed E-state index contributed by atoms with van der Waals surface area (Å²) in [5.74, 6) is 0. The zero-order valence-electron chi connectivity index (χ0n) is 15.8. The van der Waals surface area contributed by atoms with Crippen LogP contribution >= 0.6 is 11.3 Å². The molecule has 27 heavy (non-hydrogen) atoms. The fourth-order valence-corrected chi connectivity index (χ4v) is 5.67. The normalized spacial score (nSPS) is 12.8. The van der Waals surface area contributed by atoms with Gasteiger partial charge in [-0.05, 0) is 42.7 Å². The van der Waals surface area contributed by atoms with Crippen molar-refractivity contribution < 1.29 is 16.8 Å². The van der Waals surface area contributed by atoms with Gasteiger partial charge in [-0.1, -0.05) is 26.0 Å². The van der Waals surface area contributed by atoms with E-state index in [0.717, 1.165) is 24.2 Å². The Bertz CT molecular complexity index is 935. The Morgan fingerprint density at radius 1 is 0.926 bits per heavy atom. The number of nitrogens with zero attached hydrogens (tertiary/aromatic N) is 2. The van der Waals surface area contributed by atoms with Crippen LogP contribution < -0.4 is 0 Å². The van der Waals surface area contributed by atoms with Crippen LogP contribution in [-0.4, -0.2) is 58.5 Å². The second-order valence-corrected chi connectivity index (χ2v) is 11.2. The Morgan fingerprint density at radius 3 is 2.15 bits per heavy atom. The molecule has 0 N–H and O–H groups in total. The highest BCUT2D eigenvalue weighted by Crippen LogP contribution is 2.23. The maximum Gasteiger partial charge on any atom is 0.243 e. The third kappa shape index (κ3) is 5.86. The van der Waals surface area contributed by atoms with E-state index < -0.39 is 19.9 Å². The highest BCUT2D eigenvalue weighted by atomic mass is 32.2. The fraction of sp³-hybridized carbons (Fsp3) is 0.444. The summed E-state index contributed by atoms with van der Waals surface area (Å²) in [7, 11) is -7.31. The third-order valence-electron chi connectivity index (χ3n) is 4.34. The van der Waals surface area contributed by atoms with Gasteiger partial charge in [-0.2, -0.15) is 4.31 Å². The van der Waals surface area contributed by atoms with Gasteiger partial charge in [-0.3, -0.25) is 0 Å². The molecule has 0 atom stereocenters. The average Bonchev–Trinajstić information content (AvgIpc) is 3.14. The molecule has 0 saturated heterocycles. The molecule has 0 bridgehead atoms. The van der Waals surface area contributed by atoms with Crippen molar-refractivity contribution in [3.63, 3.8) is 0 Å². The van der Waals surface area contributed by atoms with Gasteiger partial charge in [0.05, 0.1) is 9.79 Å². The zero-order chi connectivity index (χ0) is 20.1. The molecule has 0 spiro atoms. The monoisotopic (exact) mass is 430 g/mol. The van der Waals surface area contributed by atoms with Crippen LogP contribution in [0.5, 0.6) is 0 Å². The van der Waals surface area contributed by atoms with Crippen molar-refractivity contribution in [3.05, 3.63) is 46.7 Å². The van der Waals surface area contributed by atoms with E-state index in [1.807, 2.05) is 31.4 Å². The molecule has 0 amide bonds. The van der Waals surface area contributed by atoms with E-state index in [-0.39, 0.29) is 16.3 Å². The molecule has 6 nitrogen and oxygen atoms in total. The predicted octanol–water partition coefficient (Wildman–Crippen LogP) is 2.68. The number of hydrogen-bond acceptors (Lipinski definition) is 6. The molecule has 2 rings (SSSR count). The molecule has 1 aromatic heterocycles. The Labute approximate surface area is 166 Å². The largest absolute Gasteiger partial charge is 0.303 e. The van der Waals surface area contributed by atoms with Crippen LogP contribution in [0.2, 0.25) is 0 Å². The van der Waals surface area contributed by atoms with Crippen LogP contribution in [0.25, 0.3) is 0 Å². The van der Waals surface area contributed by atoms with E-state index in [1.165, 1.54) is 39.9 Å². The molecule has 150 valence electrons. The Morgan fingerprint density at radius 2 is 1.59 bits per heavy atom. The Balaban J connectivity index is 2.37. The Kier molecular flexibility index (Phi) is 7.58. The smallest absolute Gasteiger partial charge is 0.243 e. The molecule has 0 aliphatic carbocycles. The van der Waals surface area contributed by atoms with Crippen molar-refractivity contribution >= 4 is 31.2 Å². The molecule has 0 saturated carbocycles. The summed E-state index contributed by atoms with van der Waals surface area (Å²) in [6.07, 6.45) is 1.07. The summed E-state index contributed by atoms with van der Waals surface area (Å²) in [5.41, 5.74) is 0. The van der Waals surface area contributed by atoms with Crippen LogP contribution in [0.4, 0.5) is 0 Å². The molecule has 0 aliphatic rings. The number of likely N-dealkylation sites (N-methyl/N-ethyl adjacent to an activating group) is 1. The van der Waals surface area contributed by atoms with Crippen molar-refractivity contribution in [3.8, 4) is 0 Å². The fourth-order valence-electron chi connectivity index (χ4n) is 2.67. The van der Waals surface area contributed by atoms with Gasteiger partial charge in [-0.15, -0.1) is 11.3 Å². The molecular weight excluding hydrogens is 404 g/mol. The quantitative estimate of drug-likeness (QED) is 0.579. The summed E-state index contributed by atoms with van der Waals surface area (Å²) >= 11 is 1.50. The van der Waals surface area contributed by atoms with Gasteiger partial charge in [0, 0.05) is 30.8 Å². The van der Waals surface area contributed by atoms with E-state index in [1.54, 1.807) is 0 Å². The first-order valence-electron chi connectivity index (χ1n) is 8.73. The minimum Gasteiger partial charge on any atom is -0.303 e. The number of rotatable bonds is 10. The summed E-state index contributed by atoms with van der Waals surface area (Å²) in [4.78, 5) is 3.10. The number of hydrogen-bond donors (Lipinski definition) is 0. The first-order valence-corrected chi connectivity index (χ1v) is 12.9. The highest BCUT2D eigenvalue weighted by Gasteiger charge is 2.26. The summed E-state index contributed by atoms with van der Waals surface area (Å²) in [6.45, 7) is 6.98. The van der Waals surface area contributed by atoms with E-state index >= 15 is 0 Å². The average molecular weight is 431 g/mol. The number of sulfonamides is 1. The minimum atomic E-state index is -3.82. The van der Waals surface area contributed by atoms with E-state index in [9.17, 15) is 16.8 Å². The summed E-state index contributed by atoms with van der Waals surface area (Å²) < 4.78 is 51.6. The van der Waals surface area contributed by atoms with Gasteiger partial charge in [0.25, 0.3) is 0 Å².